The van der Waals surface area contributed by atoms with Gasteiger partial charge in [0.05, 0.1) is 11.1 Å². The molecule has 1 fully saturated rings. The molecule has 2 atom stereocenters. The predicted molar refractivity (Wildman–Crippen MR) is 128 cm³/mol. The second kappa shape index (κ2) is 9.65. The molecule has 0 unspecified atom stereocenters. The fraction of sp³-hybridized carbons (Fsp3) is 0.480. The summed E-state index contributed by atoms with van der Waals surface area (Å²) in [5, 5.41) is 0. The minimum atomic E-state index is -1.21. The normalized spacial score (nSPS) is 23.0. The summed E-state index contributed by atoms with van der Waals surface area (Å²) in [5.74, 6) is -0.446. The van der Waals surface area contributed by atoms with E-state index in [0.717, 1.165) is 0 Å². The molecular formula is C25H33N2O5Si. The maximum Gasteiger partial charge on any atom is 0.412 e. The third kappa shape index (κ3) is 5.12. The molecule has 0 aliphatic carbocycles. The zero-order valence-electron chi connectivity index (χ0n) is 20.1. The Morgan fingerprint density at radius 2 is 1.82 bits per heavy atom. The summed E-state index contributed by atoms with van der Waals surface area (Å²) in [6, 6.07) is 6.82. The fourth-order valence-electron chi connectivity index (χ4n) is 4.31. The Morgan fingerprint density at radius 1 is 1.21 bits per heavy atom. The number of ether oxygens (including phenoxy) is 1. The Bertz CT molecular complexity index is 933. The van der Waals surface area contributed by atoms with E-state index in [9.17, 15) is 14.4 Å². The van der Waals surface area contributed by atoms with Crippen molar-refractivity contribution in [3.8, 4) is 0 Å². The first-order valence-electron chi connectivity index (χ1n) is 11.2. The molecule has 2 aliphatic heterocycles. The fourth-order valence-corrected chi connectivity index (χ4v) is 5.28. The molecule has 1 radical (unpaired) electrons. The lowest BCUT2D eigenvalue weighted by Gasteiger charge is -2.37. The average molecular weight is 470 g/mol. The van der Waals surface area contributed by atoms with E-state index in [1.165, 1.54) is 11.0 Å². The molecule has 33 heavy (non-hydrogen) atoms. The van der Waals surface area contributed by atoms with Gasteiger partial charge in [-0.05, 0) is 42.6 Å². The van der Waals surface area contributed by atoms with Gasteiger partial charge in [-0.2, -0.15) is 0 Å². The van der Waals surface area contributed by atoms with Crippen LogP contribution in [0.5, 0.6) is 0 Å². The number of benzene rings is 1. The van der Waals surface area contributed by atoms with Crippen molar-refractivity contribution in [3.05, 3.63) is 60.2 Å². The molecule has 0 bridgehead atoms. The first-order chi connectivity index (χ1) is 15.5. The van der Waals surface area contributed by atoms with Gasteiger partial charge in [-0.3, -0.25) is 19.4 Å². The number of hydrogen-bond donors (Lipinski definition) is 0. The standard InChI is InChI=1S/C25H33N2O5Si/c1-7-15-31-23(30)27-17-18(24(2,3)4)16-25(27,32-33(5)6)13-10-14-26-21(28)19-11-8-9-12-20(19)22(26)29/h7-13,18H,1,14-17H2,2-6H3/b13-10+/t18-,25+/m0/s1. The SMILES string of the molecule is C=CCOC(=O)N1C[C@@H](C(C)(C)C)C[C@@]1(/C=C/CN1C(=O)c2ccccc2C1=O)O[Si](C)C. The molecule has 7 nitrogen and oxygen atoms in total. The zero-order valence-corrected chi connectivity index (χ0v) is 21.1. The van der Waals surface area contributed by atoms with Crippen LogP contribution in [0.2, 0.25) is 13.1 Å². The van der Waals surface area contributed by atoms with E-state index in [1.807, 2.05) is 19.2 Å². The smallest absolute Gasteiger partial charge is 0.412 e. The molecule has 0 N–H and O–H groups in total. The number of carbonyl (C=O) groups is 3. The number of carbonyl (C=O) groups excluding carboxylic acids is 3. The number of imide groups is 1. The van der Waals surface area contributed by atoms with E-state index in [4.69, 9.17) is 9.16 Å². The molecule has 0 saturated carbocycles. The van der Waals surface area contributed by atoms with Crippen LogP contribution in [0.1, 0.15) is 47.9 Å². The minimum absolute atomic E-state index is 0.0488. The number of hydrogen-bond acceptors (Lipinski definition) is 5. The first kappa shape index (κ1) is 24.9. The Hall–Kier alpha value is -2.71. The monoisotopic (exact) mass is 469 g/mol. The van der Waals surface area contributed by atoms with Gasteiger partial charge in [0.1, 0.15) is 6.61 Å². The van der Waals surface area contributed by atoms with E-state index in [1.54, 1.807) is 35.2 Å². The minimum Gasteiger partial charge on any atom is -0.445 e. The molecule has 8 heteroatoms. The van der Waals surface area contributed by atoms with Crippen LogP contribution in [-0.2, 0) is 9.16 Å². The molecule has 0 aromatic heterocycles. The van der Waals surface area contributed by atoms with Gasteiger partial charge < -0.3 is 9.16 Å². The van der Waals surface area contributed by atoms with E-state index in [-0.39, 0.29) is 36.3 Å². The van der Waals surface area contributed by atoms with Crippen molar-refractivity contribution in [1.29, 1.82) is 0 Å². The number of fused-ring (bicyclic) bond motifs is 1. The van der Waals surface area contributed by atoms with Crippen LogP contribution < -0.4 is 0 Å². The lowest BCUT2D eigenvalue weighted by molar-refractivity contribution is -0.0134. The van der Waals surface area contributed by atoms with E-state index in [2.05, 4.69) is 27.4 Å². The van der Waals surface area contributed by atoms with Gasteiger partial charge in [0.15, 0.2) is 5.72 Å². The lowest BCUT2D eigenvalue weighted by Crippen LogP contribution is -2.50. The van der Waals surface area contributed by atoms with Crippen LogP contribution in [0.3, 0.4) is 0 Å². The highest BCUT2D eigenvalue weighted by molar-refractivity contribution is 6.48. The Kier molecular flexibility index (Phi) is 7.28. The number of amides is 3. The third-order valence-electron chi connectivity index (χ3n) is 6.09. The summed E-state index contributed by atoms with van der Waals surface area (Å²) in [7, 11) is -1.21. The molecule has 2 heterocycles. The third-order valence-corrected chi connectivity index (χ3v) is 6.86. The van der Waals surface area contributed by atoms with Gasteiger partial charge in [-0.15, -0.1) is 0 Å². The molecule has 1 aromatic carbocycles. The van der Waals surface area contributed by atoms with Crippen molar-refractivity contribution < 1.29 is 23.5 Å². The average Bonchev–Trinajstić information content (AvgIpc) is 3.23. The highest BCUT2D eigenvalue weighted by atomic mass is 28.3. The van der Waals surface area contributed by atoms with Crippen molar-refractivity contribution in [1.82, 2.24) is 9.80 Å². The van der Waals surface area contributed by atoms with Crippen LogP contribution >= 0.6 is 0 Å². The van der Waals surface area contributed by atoms with Crippen LogP contribution in [-0.4, -0.2) is 62.2 Å². The van der Waals surface area contributed by atoms with Gasteiger partial charge in [-0.1, -0.05) is 51.6 Å². The largest absolute Gasteiger partial charge is 0.445 e. The van der Waals surface area contributed by atoms with Gasteiger partial charge in [-0.25, -0.2) is 4.79 Å². The first-order valence-corrected chi connectivity index (χ1v) is 13.6. The molecule has 0 spiro atoms. The number of rotatable bonds is 7. The maximum absolute atomic E-state index is 13.0. The van der Waals surface area contributed by atoms with E-state index >= 15 is 0 Å². The zero-order chi connectivity index (χ0) is 24.4. The van der Waals surface area contributed by atoms with Gasteiger partial charge in [0.2, 0.25) is 9.04 Å². The molecule has 3 amide bonds. The molecule has 1 saturated heterocycles. The molecule has 177 valence electrons. The van der Waals surface area contributed by atoms with Crippen molar-refractivity contribution >= 4 is 26.9 Å². The van der Waals surface area contributed by atoms with E-state index in [0.29, 0.717) is 24.1 Å². The molecule has 1 aromatic rings. The summed E-state index contributed by atoms with van der Waals surface area (Å²) in [6.07, 6.45) is 5.26. The number of likely N-dealkylation sites (tertiary alicyclic amines) is 1. The quantitative estimate of drug-likeness (QED) is 0.334. The lowest BCUT2D eigenvalue weighted by atomic mass is 9.79. The molecule has 2 aliphatic rings. The summed E-state index contributed by atoms with van der Waals surface area (Å²) in [5.41, 5.74) is -0.213. The van der Waals surface area contributed by atoms with Crippen LogP contribution in [0.15, 0.2) is 49.1 Å². The summed E-state index contributed by atoms with van der Waals surface area (Å²) in [6.45, 7) is 14.8. The summed E-state index contributed by atoms with van der Waals surface area (Å²) in [4.78, 5) is 41.3. The Morgan fingerprint density at radius 3 is 2.33 bits per heavy atom. The molecule has 3 rings (SSSR count). The predicted octanol–water partition coefficient (Wildman–Crippen LogP) is 4.49. The van der Waals surface area contributed by atoms with Gasteiger partial charge in [0.25, 0.3) is 11.8 Å². The van der Waals surface area contributed by atoms with Gasteiger partial charge in [0, 0.05) is 19.5 Å². The molecular weight excluding hydrogens is 436 g/mol. The Labute approximate surface area is 197 Å². The van der Waals surface area contributed by atoms with Crippen molar-refractivity contribution in [2.75, 3.05) is 19.7 Å². The van der Waals surface area contributed by atoms with Crippen LogP contribution in [0.25, 0.3) is 0 Å². The van der Waals surface area contributed by atoms with Crippen LogP contribution in [0.4, 0.5) is 4.79 Å². The Balaban J connectivity index is 1.89. The summed E-state index contributed by atoms with van der Waals surface area (Å²) >= 11 is 0. The maximum atomic E-state index is 13.0. The highest BCUT2D eigenvalue weighted by Crippen LogP contribution is 2.44. The summed E-state index contributed by atoms with van der Waals surface area (Å²) < 4.78 is 11.8. The highest BCUT2D eigenvalue weighted by Gasteiger charge is 2.51. The van der Waals surface area contributed by atoms with Crippen molar-refractivity contribution in [2.24, 2.45) is 11.3 Å². The van der Waals surface area contributed by atoms with Crippen molar-refractivity contribution in [3.63, 3.8) is 0 Å². The second-order valence-electron chi connectivity index (χ2n) is 9.77. The van der Waals surface area contributed by atoms with Gasteiger partial charge >= 0.3 is 6.09 Å². The topological polar surface area (TPSA) is 76.2 Å². The second-order valence-corrected chi connectivity index (χ2v) is 11.8. The van der Waals surface area contributed by atoms with E-state index < -0.39 is 20.9 Å². The number of nitrogens with zero attached hydrogens (tertiary/aromatic N) is 2. The van der Waals surface area contributed by atoms with Crippen LogP contribution in [0, 0.1) is 11.3 Å². The van der Waals surface area contributed by atoms with Crippen molar-refractivity contribution in [2.45, 2.75) is 46.0 Å².